The zero-order chi connectivity index (χ0) is 14.3. The van der Waals surface area contributed by atoms with Crippen molar-refractivity contribution in [3.8, 4) is 0 Å². The number of nitrogens with one attached hydrogen (secondary N) is 1. The van der Waals surface area contributed by atoms with Crippen LogP contribution in [0.5, 0.6) is 0 Å². The minimum Gasteiger partial charge on any atom is -0.481 e. The van der Waals surface area contributed by atoms with Crippen LogP contribution in [0.3, 0.4) is 0 Å². The quantitative estimate of drug-likeness (QED) is 0.596. The van der Waals surface area contributed by atoms with Gasteiger partial charge in [0.05, 0.1) is 0 Å². The molecule has 0 saturated heterocycles. The van der Waals surface area contributed by atoms with Crippen LogP contribution in [0.1, 0.15) is 37.0 Å². The number of thioether (sulfide) groups is 1. The van der Waals surface area contributed by atoms with E-state index >= 15 is 0 Å². The highest BCUT2D eigenvalue weighted by molar-refractivity contribution is 7.99. The van der Waals surface area contributed by atoms with Crippen molar-refractivity contribution in [2.45, 2.75) is 36.8 Å². The first-order valence-electron chi connectivity index (χ1n) is 6.25. The predicted molar refractivity (Wildman–Crippen MR) is 76.6 cm³/mol. The third-order valence-corrected chi connectivity index (χ3v) is 3.36. The molecule has 0 aromatic heterocycles. The second-order valence-corrected chi connectivity index (χ2v) is 6.09. The Morgan fingerprint density at radius 2 is 1.89 bits per heavy atom. The molecule has 0 bridgehead atoms. The molecule has 19 heavy (non-hydrogen) atoms. The van der Waals surface area contributed by atoms with E-state index < -0.39 is 5.97 Å². The summed E-state index contributed by atoms with van der Waals surface area (Å²) in [6.07, 6.45) is 0.520. The van der Waals surface area contributed by atoms with Crippen LogP contribution in [0.4, 0.5) is 0 Å². The molecule has 0 heterocycles. The third-order valence-electron chi connectivity index (χ3n) is 2.34. The average molecular weight is 281 g/mol. The van der Waals surface area contributed by atoms with Gasteiger partial charge in [0.25, 0.3) is 5.91 Å². The molecule has 0 radical (unpaired) electrons. The van der Waals surface area contributed by atoms with Gasteiger partial charge >= 0.3 is 5.97 Å². The maximum Gasteiger partial charge on any atom is 0.303 e. The summed E-state index contributed by atoms with van der Waals surface area (Å²) in [7, 11) is 0. The number of rotatable bonds is 7. The van der Waals surface area contributed by atoms with Crippen LogP contribution >= 0.6 is 11.8 Å². The summed E-state index contributed by atoms with van der Waals surface area (Å²) in [5, 5.41) is 11.7. The van der Waals surface area contributed by atoms with E-state index in [0.717, 1.165) is 4.90 Å². The molecular weight excluding hydrogens is 262 g/mol. The summed E-state index contributed by atoms with van der Waals surface area (Å²) in [5.41, 5.74) is 0.600. The van der Waals surface area contributed by atoms with Crippen LogP contribution in [-0.4, -0.2) is 28.8 Å². The Hall–Kier alpha value is -1.49. The van der Waals surface area contributed by atoms with Crippen LogP contribution in [-0.2, 0) is 4.79 Å². The number of benzene rings is 1. The van der Waals surface area contributed by atoms with E-state index in [4.69, 9.17) is 5.11 Å². The van der Waals surface area contributed by atoms with E-state index in [1.807, 2.05) is 12.1 Å². The van der Waals surface area contributed by atoms with Gasteiger partial charge in [-0.1, -0.05) is 13.8 Å². The lowest BCUT2D eigenvalue weighted by atomic mass is 10.2. The van der Waals surface area contributed by atoms with Crippen molar-refractivity contribution in [1.82, 2.24) is 5.32 Å². The molecule has 0 aliphatic heterocycles. The number of hydrogen-bond donors (Lipinski definition) is 2. The molecule has 0 aliphatic rings. The van der Waals surface area contributed by atoms with Crippen molar-refractivity contribution in [3.05, 3.63) is 29.8 Å². The number of carbonyl (C=O) groups excluding carboxylic acids is 1. The van der Waals surface area contributed by atoms with Crippen LogP contribution in [0.15, 0.2) is 29.2 Å². The van der Waals surface area contributed by atoms with Crippen molar-refractivity contribution in [3.63, 3.8) is 0 Å². The lowest BCUT2D eigenvalue weighted by molar-refractivity contribution is -0.137. The molecule has 0 fully saturated rings. The Morgan fingerprint density at radius 3 is 2.42 bits per heavy atom. The van der Waals surface area contributed by atoms with Gasteiger partial charge in [0, 0.05) is 28.7 Å². The lowest BCUT2D eigenvalue weighted by Gasteiger charge is -2.07. The summed E-state index contributed by atoms with van der Waals surface area (Å²) in [6.45, 7) is 4.62. The van der Waals surface area contributed by atoms with E-state index in [1.54, 1.807) is 23.9 Å². The lowest BCUT2D eigenvalue weighted by Crippen LogP contribution is -2.24. The van der Waals surface area contributed by atoms with Crippen molar-refractivity contribution < 1.29 is 14.7 Å². The fraction of sp³-hybridized carbons (Fsp3) is 0.429. The minimum atomic E-state index is -0.843. The zero-order valence-electron chi connectivity index (χ0n) is 11.2. The summed E-state index contributed by atoms with van der Waals surface area (Å²) in [6, 6.07) is 7.43. The van der Waals surface area contributed by atoms with Gasteiger partial charge in [-0.25, -0.2) is 0 Å². The molecule has 1 amide bonds. The molecule has 0 saturated carbocycles. The van der Waals surface area contributed by atoms with Gasteiger partial charge in [0.15, 0.2) is 0 Å². The average Bonchev–Trinajstić information content (AvgIpc) is 2.34. The second kappa shape index (κ2) is 7.84. The normalized spacial score (nSPS) is 10.5. The molecule has 1 aromatic rings. The fourth-order valence-corrected chi connectivity index (χ4v) is 2.34. The Kier molecular flexibility index (Phi) is 6.42. The molecule has 5 heteroatoms. The summed E-state index contributed by atoms with van der Waals surface area (Å²) in [4.78, 5) is 23.2. The number of carboxylic acids is 1. The molecular formula is C14H19NO3S. The topological polar surface area (TPSA) is 66.4 Å². The van der Waals surface area contributed by atoms with Gasteiger partial charge in [-0.2, -0.15) is 0 Å². The van der Waals surface area contributed by atoms with Crippen LogP contribution in [0.2, 0.25) is 0 Å². The summed E-state index contributed by atoms with van der Waals surface area (Å²) >= 11 is 1.75. The maximum absolute atomic E-state index is 11.8. The molecule has 0 unspecified atom stereocenters. The minimum absolute atomic E-state index is 0.0737. The van der Waals surface area contributed by atoms with Crippen molar-refractivity contribution in [2.75, 3.05) is 6.54 Å². The standard InChI is InChI=1S/C14H19NO3S/c1-10(2)19-12-7-5-11(6-8-12)14(18)15-9-3-4-13(16)17/h5-8,10H,3-4,9H2,1-2H3,(H,15,18)(H,16,17). The highest BCUT2D eigenvalue weighted by Crippen LogP contribution is 2.22. The fourth-order valence-electron chi connectivity index (χ4n) is 1.50. The third kappa shape index (κ3) is 6.29. The van der Waals surface area contributed by atoms with Crippen LogP contribution < -0.4 is 5.32 Å². The molecule has 0 atom stereocenters. The Labute approximate surface area is 117 Å². The number of hydrogen-bond acceptors (Lipinski definition) is 3. The number of carbonyl (C=O) groups is 2. The molecule has 0 spiro atoms. The van der Waals surface area contributed by atoms with Gasteiger partial charge in [-0.3, -0.25) is 9.59 Å². The molecule has 0 aliphatic carbocycles. The second-order valence-electron chi connectivity index (χ2n) is 4.44. The van der Waals surface area contributed by atoms with E-state index in [2.05, 4.69) is 19.2 Å². The molecule has 104 valence electrons. The number of amides is 1. The van der Waals surface area contributed by atoms with Crippen LogP contribution in [0, 0.1) is 0 Å². The molecule has 1 aromatic carbocycles. The van der Waals surface area contributed by atoms with E-state index in [1.165, 1.54) is 0 Å². The first-order valence-corrected chi connectivity index (χ1v) is 7.13. The van der Waals surface area contributed by atoms with E-state index in [0.29, 0.717) is 23.8 Å². The number of carboxylic acid groups (broad SMARTS) is 1. The van der Waals surface area contributed by atoms with Gasteiger partial charge in [0.2, 0.25) is 0 Å². The highest BCUT2D eigenvalue weighted by atomic mass is 32.2. The summed E-state index contributed by atoms with van der Waals surface area (Å²) in [5.74, 6) is -1.00. The van der Waals surface area contributed by atoms with E-state index in [9.17, 15) is 9.59 Å². The maximum atomic E-state index is 11.8. The van der Waals surface area contributed by atoms with Crippen LogP contribution in [0.25, 0.3) is 0 Å². The first-order chi connectivity index (χ1) is 8.99. The van der Waals surface area contributed by atoms with Gasteiger partial charge in [0.1, 0.15) is 0 Å². The number of aliphatic carboxylic acids is 1. The van der Waals surface area contributed by atoms with Gasteiger partial charge in [-0.15, -0.1) is 11.8 Å². The summed E-state index contributed by atoms with van der Waals surface area (Å²) < 4.78 is 0. The van der Waals surface area contributed by atoms with Crippen molar-refractivity contribution in [2.24, 2.45) is 0 Å². The largest absolute Gasteiger partial charge is 0.481 e. The predicted octanol–water partition coefficient (Wildman–Crippen LogP) is 2.78. The Balaban J connectivity index is 2.42. The van der Waals surface area contributed by atoms with Crippen molar-refractivity contribution in [1.29, 1.82) is 0 Å². The Bertz CT molecular complexity index is 429. The molecule has 4 nitrogen and oxygen atoms in total. The first kappa shape index (κ1) is 15.6. The van der Waals surface area contributed by atoms with Crippen molar-refractivity contribution >= 4 is 23.6 Å². The SMILES string of the molecule is CC(C)Sc1ccc(C(=O)NCCCC(=O)O)cc1. The van der Waals surface area contributed by atoms with E-state index in [-0.39, 0.29) is 12.3 Å². The van der Waals surface area contributed by atoms with Gasteiger partial charge in [-0.05, 0) is 30.7 Å². The highest BCUT2D eigenvalue weighted by Gasteiger charge is 2.06. The van der Waals surface area contributed by atoms with Gasteiger partial charge < -0.3 is 10.4 Å². The monoisotopic (exact) mass is 281 g/mol. The Morgan fingerprint density at radius 1 is 1.26 bits per heavy atom. The molecule has 1 rings (SSSR count). The zero-order valence-corrected chi connectivity index (χ0v) is 12.0. The molecule has 2 N–H and O–H groups in total. The smallest absolute Gasteiger partial charge is 0.303 e.